The van der Waals surface area contributed by atoms with Gasteiger partial charge in [0.15, 0.2) is 5.22 Å². The number of hydrogen-bond acceptors (Lipinski definition) is 4. The number of alkyl halides is 3. The van der Waals surface area contributed by atoms with Gasteiger partial charge in [-0.25, -0.2) is 4.98 Å². The van der Waals surface area contributed by atoms with Crippen LogP contribution in [0.5, 0.6) is 0 Å². The van der Waals surface area contributed by atoms with Crippen molar-refractivity contribution in [2.75, 3.05) is 6.54 Å². The highest BCUT2D eigenvalue weighted by Gasteiger charge is 2.56. The minimum absolute atomic E-state index is 0.0822. The van der Waals surface area contributed by atoms with E-state index in [0.29, 0.717) is 5.76 Å². The standard InChI is InChI=1S/C13H15ClF3N3O2/c1-20-7-6-19-11(20)12(21,13(15,16)17)4-5-18-8-9-2-3-10(14)22-9/h2-3,6-7,18,21H,4-5,8H2,1H3/t12-/m0/s1. The van der Waals surface area contributed by atoms with E-state index < -0.39 is 24.0 Å². The molecule has 0 bridgehead atoms. The first-order valence-corrected chi connectivity index (χ1v) is 6.83. The number of imidazole rings is 1. The molecule has 0 aliphatic rings. The second kappa shape index (κ2) is 6.31. The van der Waals surface area contributed by atoms with Crippen LogP contribution in [0.25, 0.3) is 0 Å². The molecule has 2 aromatic heterocycles. The Kier molecular flexibility index (Phi) is 4.84. The smallest absolute Gasteiger partial charge is 0.424 e. The summed E-state index contributed by atoms with van der Waals surface area (Å²) >= 11 is 5.60. The number of nitrogens with one attached hydrogen (secondary N) is 1. The van der Waals surface area contributed by atoms with E-state index in [2.05, 4.69) is 10.3 Å². The number of nitrogens with zero attached hydrogens (tertiary/aromatic N) is 2. The van der Waals surface area contributed by atoms with Crippen LogP contribution in [0, 0.1) is 0 Å². The molecular weight excluding hydrogens is 323 g/mol. The summed E-state index contributed by atoms with van der Waals surface area (Å²) < 4.78 is 45.9. The van der Waals surface area contributed by atoms with Crippen LogP contribution in [0.1, 0.15) is 18.0 Å². The molecule has 2 aromatic rings. The van der Waals surface area contributed by atoms with Crippen molar-refractivity contribution in [1.82, 2.24) is 14.9 Å². The van der Waals surface area contributed by atoms with E-state index in [-0.39, 0.29) is 18.3 Å². The van der Waals surface area contributed by atoms with Crippen molar-refractivity contribution in [3.8, 4) is 0 Å². The second-order valence-corrected chi connectivity index (χ2v) is 5.22. The number of aliphatic hydroxyl groups is 1. The molecule has 2 rings (SSSR count). The van der Waals surface area contributed by atoms with Gasteiger partial charge in [0.2, 0.25) is 5.60 Å². The lowest BCUT2D eigenvalue weighted by Crippen LogP contribution is -2.46. The molecular formula is C13H15ClF3N3O2. The summed E-state index contributed by atoms with van der Waals surface area (Å²) in [5.74, 6) is 0.0559. The predicted molar refractivity (Wildman–Crippen MR) is 73.2 cm³/mol. The summed E-state index contributed by atoms with van der Waals surface area (Å²) in [4.78, 5) is 3.62. The Hall–Kier alpha value is -1.51. The van der Waals surface area contributed by atoms with Crippen molar-refractivity contribution in [3.05, 3.63) is 41.3 Å². The third-order valence-electron chi connectivity index (χ3n) is 3.25. The highest BCUT2D eigenvalue weighted by Crippen LogP contribution is 2.40. The third kappa shape index (κ3) is 3.45. The fraction of sp³-hybridized carbons (Fsp3) is 0.462. The van der Waals surface area contributed by atoms with E-state index in [0.717, 1.165) is 4.57 Å². The van der Waals surface area contributed by atoms with E-state index in [9.17, 15) is 18.3 Å². The van der Waals surface area contributed by atoms with E-state index in [1.54, 1.807) is 12.1 Å². The third-order valence-corrected chi connectivity index (χ3v) is 3.45. The second-order valence-electron chi connectivity index (χ2n) is 4.85. The largest absolute Gasteiger partial charge is 0.448 e. The van der Waals surface area contributed by atoms with Gasteiger partial charge in [-0.15, -0.1) is 0 Å². The fourth-order valence-corrected chi connectivity index (χ4v) is 2.23. The maximum atomic E-state index is 13.2. The zero-order chi connectivity index (χ0) is 16.4. The van der Waals surface area contributed by atoms with Crippen molar-refractivity contribution < 1.29 is 22.7 Å². The predicted octanol–water partition coefficient (Wildman–Crippen LogP) is 2.60. The maximum absolute atomic E-state index is 13.2. The van der Waals surface area contributed by atoms with Crippen LogP contribution in [0.4, 0.5) is 13.2 Å². The molecule has 0 fully saturated rings. The molecule has 0 unspecified atom stereocenters. The first kappa shape index (κ1) is 16.9. The maximum Gasteiger partial charge on any atom is 0.424 e. The number of rotatable bonds is 6. The molecule has 5 nitrogen and oxygen atoms in total. The molecule has 2 heterocycles. The Balaban J connectivity index is 2.01. The summed E-state index contributed by atoms with van der Waals surface area (Å²) in [6.07, 6.45) is -2.84. The fourth-order valence-electron chi connectivity index (χ4n) is 2.07. The lowest BCUT2D eigenvalue weighted by molar-refractivity contribution is -0.272. The molecule has 122 valence electrons. The summed E-state index contributed by atoms with van der Waals surface area (Å²) in [5.41, 5.74) is -3.01. The van der Waals surface area contributed by atoms with Gasteiger partial charge >= 0.3 is 6.18 Å². The van der Waals surface area contributed by atoms with E-state index in [4.69, 9.17) is 16.0 Å². The van der Waals surface area contributed by atoms with Crippen LogP contribution in [0.15, 0.2) is 28.9 Å². The normalized spacial score (nSPS) is 15.0. The summed E-state index contributed by atoms with van der Waals surface area (Å²) in [5, 5.41) is 13.1. The zero-order valence-corrected chi connectivity index (χ0v) is 12.4. The van der Waals surface area contributed by atoms with Crippen LogP contribution in [0.3, 0.4) is 0 Å². The Morgan fingerprint density at radius 2 is 2.14 bits per heavy atom. The van der Waals surface area contributed by atoms with Crippen molar-refractivity contribution >= 4 is 11.6 Å². The van der Waals surface area contributed by atoms with Gasteiger partial charge in [0, 0.05) is 25.9 Å². The van der Waals surface area contributed by atoms with Gasteiger partial charge in [0.1, 0.15) is 11.6 Å². The van der Waals surface area contributed by atoms with Crippen LogP contribution in [-0.4, -0.2) is 27.4 Å². The van der Waals surface area contributed by atoms with Crippen molar-refractivity contribution in [2.45, 2.75) is 24.7 Å². The number of furan rings is 1. The average molecular weight is 338 g/mol. The van der Waals surface area contributed by atoms with E-state index in [1.807, 2.05) is 0 Å². The Labute approximate surface area is 129 Å². The molecule has 22 heavy (non-hydrogen) atoms. The first-order chi connectivity index (χ1) is 10.2. The number of hydrogen-bond donors (Lipinski definition) is 2. The highest BCUT2D eigenvalue weighted by molar-refractivity contribution is 6.28. The molecule has 0 aliphatic heterocycles. The topological polar surface area (TPSA) is 63.2 Å². The number of halogens is 4. The lowest BCUT2D eigenvalue weighted by Gasteiger charge is -2.30. The van der Waals surface area contributed by atoms with Gasteiger partial charge < -0.3 is 19.4 Å². The van der Waals surface area contributed by atoms with Gasteiger partial charge in [0.05, 0.1) is 6.54 Å². The quantitative estimate of drug-likeness (QED) is 0.795. The molecule has 9 heteroatoms. The van der Waals surface area contributed by atoms with Crippen molar-refractivity contribution in [3.63, 3.8) is 0 Å². The molecule has 0 saturated carbocycles. The molecule has 0 spiro atoms. The lowest BCUT2D eigenvalue weighted by atomic mass is 9.97. The van der Waals surface area contributed by atoms with Crippen LogP contribution in [-0.2, 0) is 19.2 Å². The van der Waals surface area contributed by atoms with Gasteiger partial charge in [-0.1, -0.05) is 0 Å². The zero-order valence-electron chi connectivity index (χ0n) is 11.7. The summed E-state index contributed by atoms with van der Waals surface area (Å²) in [6, 6.07) is 3.16. The molecule has 0 aliphatic carbocycles. The van der Waals surface area contributed by atoms with E-state index >= 15 is 0 Å². The molecule has 2 N–H and O–H groups in total. The van der Waals surface area contributed by atoms with E-state index in [1.165, 1.54) is 19.4 Å². The van der Waals surface area contributed by atoms with Crippen LogP contribution in [0.2, 0.25) is 5.22 Å². The highest BCUT2D eigenvalue weighted by atomic mass is 35.5. The minimum Gasteiger partial charge on any atom is -0.448 e. The SMILES string of the molecule is Cn1ccnc1[C@@](O)(CCNCc1ccc(Cl)o1)C(F)(F)F. The van der Waals surface area contributed by atoms with Gasteiger partial charge in [-0.2, -0.15) is 13.2 Å². The molecule has 0 amide bonds. The number of aryl methyl sites for hydroxylation is 1. The van der Waals surface area contributed by atoms with Crippen LogP contribution >= 0.6 is 11.6 Å². The molecule has 0 aromatic carbocycles. The van der Waals surface area contributed by atoms with Crippen LogP contribution < -0.4 is 5.32 Å². The molecule has 0 saturated heterocycles. The molecule has 1 atom stereocenters. The Bertz CT molecular complexity index is 626. The average Bonchev–Trinajstić information content (AvgIpc) is 3.02. The first-order valence-electron chi connectivity index (χ1n) is 6.46. The van der Waals surface area contributed by atoms with Gasteiger partial charge in [0.25, 0.3) is 0 Å². The van der Waals surface area contributed by atoms with Crippen molar-refractivity contribution in [1.29, 1.82) is 0 Å². The monoisotopic (exact) mass is 337 g/mol. The van der Waals surface area contributed by atoms with Gasteiger partial charge in [-0.3, -0.25) is 0 Å². The number of aromatic nitrogens is 2. The Morgan fingerprint density at radius 1 is 1.41 bits per heavy atom. The summed E-state index contributed by atoms with van der Waals surface area (Å²) in [6.45, 7) is 0.127. The van der Waals surface area contributed by atoms with Crippen molar-refractivity contribution in [2.24, 2.45) is 7.05 Å². The van der Waals surface area contributed by atoms with Gasteiger partial charge in [-0.05, 0) is 30.3 Å². The minimum atomic E-state index is -4.83. The summed E-state index contributed by atoms with van der Waals surface area (Å²) in [7, 11) is 1.40. The Morgan fingerprint density at radius 3 is 2.64 bits per heavy atom. The molecule has 0 radical (unpaired) electrons.